The van der Waals surface area contributed by atoms with Gasteiger partial charge in [0, 0.05) is 22.9 Å². The molecule has 0 saturated heterocycles. The van der Waals surface area contributed by atoms with Crippen molar-refractivity contribution < 1.29 is 9.47 Å². The van der Waals surface area contributed by atoms with Crippen molar-refractivity contribution in [1.29, 1.82) is 0 Å². The smallest absolute Gasteiger partial charge is 0.145 e. The van der Waals surface area contributed by atoms with Gasteiger partial charge in [0.15, 0.2) is 0 Å². The van der Waals surface area contributed by atoms with Gasteiger partial charge < -0.3 is 14.8 Å². The number of hydrogen-bond donors (Lipinski definition) is 1. The molecule has 0 aliphatic carbocycles. The Hall–Kier alpha value is -3.47. The first-order valence-electron chi connectivity index (χ1n) is 11.0. The fraction of sp³-hybridized carbons (Fsp3) is 0.269. The van der Waals surface area contributed by atoms with Crippen LogP contribution in [0.15, 0.2) is 66.7 Å². The standard InChI is InChI=1S/C26H27N3O2/c1-3-15-30-18-13-14-20(24(17-18)31-16-4-2)26-27-21-10-6-5-9-19(21)25-28-22-11-7-8-12-23(22)29(25)26/h5-14,17,26-27H,3-4,15-16H2,1-2H3/t26-/m0/s1. The largest absolute Gasteiger partial charge is 0.493 e. The molecule has 1 aliphatic heterocycles. The fourth-order valence-electron chi connectivity index (χ4n) is 4.12. The minimum atomic E-state index is -0.135. The average Bonchev–Trinajstić information content (AvgIpc) is 3.21. The third kappa shape index (κ3) is 3.50. The van der Waals surface area contributed by atoms with Gasteiger partial charge in [-0.1, -0.05) is 38.1 Å². The molecule has 0 unspecified atom stereocenters. The van der Waals surface area contributed by atoms with E-state index in [1.165, 1.54) is 0 Å². The van der Waals surface area contributed by atoms with Crippen LogP contribution in [0.5, 0.6) is 11.5 Å². The molecule has 0 amide bonds. The first kappa shape index (κ1) is 19.5. The summed E-state index contributed by atoms with van der Waals surface area (Å²) in [5.74, 6) is 2.65. The van der Waals surface area contributed by atoms with Gasteiger partial charge in [-0.15, -0.1) is 0 Å². The van der Waals surface area contributed by atoms with E-state index in [0.29, 0.717) is 13.2 Å². The molecule has 0 fully saturated rings. The van der Waals surface area contributed by atoms with Crippen molar-refractivity contribution in [2.75, 3.05) is 18.5 Å². The molecule has 1 aliphatic rings. The molecule has 2 heterocycles. The molecule has 0 radical (unpaired) electrons. The SMILES string of the molecule is CCCOc1ccc([C@H]2Nc3ccccc3-c3nc4ccccc4n32)c(OCCC)c1. The highest BCUT2D eigenvalue weighted by Crippen LogP contribution is 2.43. The van der Waals surface area contributed by atoms with E-state index in [-0.39, 0.29) is 6.17 Å². The number of anilines is 1. The van der Waals surface area contributed by atoms with Crippen molar-refractivity contribution in [2.24, 2.45) is 0 Å². The van der Waals surface area contributed by atoms with Gasteiger partial charge in [0.1, 0.15) is 23.5 Å². The van der Waals surface area contributed by atoms with Gasteiger partial charge in [-0.05, 0) is 49.2 Å². The van der Waals surface area contributed by atoms with Crippen LogP contribution in [0, 0.1) is 0 Å². The maximum absolute atomic E-state index is 6.20. The highest BCUT2D eigenvalue weighted by Gasteiger charge is 2.30. The molecule has 0 saturated carbocycles. The Morgan fingerprint density at radius 3 is 2.55 bits per heavy atom. The van der Waals surface area contributed by atoms with Crippen molar-refractivity contribution in [3.8, 4) is 22.9 Å². The van der Waals surface area contributed by atoms with Gasteiger partial charge in [-0.3, -0.25) is 4.57 Å². The lowest BCUT2D eigenvalue weighted by Gasteiger charge is -2.31. The van der Waals surface area contributed by atoms with Crippen LogP contribution in [-0.2, 0) is 0 Å². The topological polar surface area (TPSA) is 48.3 Å². The summed E-state index contributed by atoms with van der Waals surface area (Å²) in [6, 6.07) is 22.8. The van der Waals surface area contributed by atoms with Crippen LogP contribution in [0.3, 0.4) is 0 Å². The first-order valence-corrected chi connectivity index (χ1v) is 11.0. The summed E-state index contributed by atoms with van der Waals surface area (Å²) in [6.07, 6.45) is 1.78. The Morgan fingerprint density at radius 1 is 0.903 bits per heavy atom. The molecule has 1 N–H and O–H groups in total. The van der Waals surface area contributed by atoms with Gasteiger partial charge in [-0.2, -0.15) is 0 Å². The van der Waals surface area contributed by atoms with Crippen molar-refractivity contribution >= 4 is 16.7 Å². The van der Waals surface area contributed by atoms with Crippen LogP contribution >= 0.6 is 0 Å². The highest BCUT2D eigenvalue weighted by atomic mass is 16.5. The minimum Gasteiger partial charge on any atom is -0.493 e. The van der Waals surface area contributed by atoms with Crippen molar-refractivity contribution in [3.05, 3.63) is 72.3 Å². The van der Waals surface area contributed by atoms with Crippen LogP contribution in [-0.4, -0.2) is 22.8 Å². The number of nitrogens with zero attached hydrogens (tertiary/aromatic N) is 2. The molecule has 0 bridgehead atoms. The van der Waals surface area contributed by atoms with Crippen LogP contribution in [0.1, 0.15) is 38.4 Å². The minimum absolute atomic E-state index is 0.135. The second-order valence-electron chi connectivity index (χ2n) is 7.78. The molecule has 31 heavy (non-hydrogen) atoms. The third-order valence-corrected chi connectivity index (χ3v) is 5.53. The van der Waals surface area contributed by atoms with Crippen molar-refractivity contribution in [3.63, 3.8) is 0 Å². The van der Waals surface area contributed by atoms with E-state index < -0.39 is 0 Å². The summed E-state index contributed by atoms with van der Waals surface area (Å²) in [7, 11) is 0. The number of fused-ring (bicyclic) bond motifs is 5. The van der Waals surface area contributed by atoms with E-state index in [2.05, 4.69) is 72.3 Å². The van der Waals surface area contributed by atoms with Crippen molar-refractivity contribution in [1.82, 2.24) is 9.55 Å². The zero-order valence-corrected chi connectivity index (χ0v) is 18.0. The number of ether oxygens (including phenoxy) is 2. The van der Waals surface area contributed by atoms with E-state index >= 15 is 0 Å². The lowest BCUT2D eigenvalue weighted by Crippen LogP contribution is -2.25. The number of rotatable bonds is 7. The number of aromatic nitrogens is 2. The fourth-order valence-corrected chi connectivity index (χ4v) is 4.12. The van der Waals surface area contributed by atoms with Crippen LogP contribution in [0.2, 0.25) is 0 Å². The maximum Gasteiger partial charge on any atom is 0.145 e. The second-order valence-corrected chi connectivity index (χ2v) is 7.78. The number of hydrogen-bond acceptors (Lipinski definition) is 4. The number of para-hydroxylation sites is 3. The quantitative estimate of drug-likeness (QED) is 0.389. The van der Waals surface area contributed by atoms with Crippen LogP contribution in [0.4, 0.5) is 5.69 Å². The Kier molecular flexibility index (Phi) is 5.24. The van der Waals surface area contributed by atoms with E-state index in [1.54, 1.807) is 0 Å². The Labute approximate surface area is 182 Å². The maximum atomic E-state index is 6.20. The molecule has 0 spiro atoms. The van der Waals surface area contributed by atoms with E-state index in [4.69, 9.17) is 14.5 Å². The molecule has 1 atom stereocenters. The monoisotopic (exact) mass is 413 g/mol. The second kappa shape index (κ2) is 8.34. The predicted octanol–water partition coefficient (Wildman–Crippen LogP) is 6.25. The number of benzene rings is 3. The third-order valence-electron chi connectivity index (χ3n) is 5.53. The number of imidazole rings is 1. The van der Waals surface area contributed by atoms with Gasteiger partial charge in [0.05, 0.1) is 24.2 Å². The Morgan fingerprint density at radius 2 is 1.68 bits per heavy atom. The summed E-state index contributed by atoms with van der Waals surface area (Å²) < 4.78 is 14.4. The molecule has 158 valence electrons. The summed E-state index contributed by atoms with van der Waals surface area (Å²) >= 11 is 0. The first-order chi connectivity index (χ1) is 15.3. The molecule has 5 rings (SSSR count). The van der Waals surface area contributed by atoms with Gasteiger partial charge >= 0.3 is 0 Å². The normalized spacial score (nSPS) is 14.6. The average molecular weight is 414 g/mol. The Balaban J connectivity index is 1.67. The van der Waals surface area contributed by atoms with Crippen LogP contribution < -0.4 is 14.8 Å². The summed E-state index contributed by atoms with van der Waals surface area (Å²) in [5.41, 5.74) is 5.32. The molecular formula is C26H27N3O2. The lowest BCUT2D eigenvalue weighted by atomic mass is 10.0. The molecular weight excluding hydrogens is 386 g/mol. The van der Waals surface area contributed by atoms with E-state index in [0.717, 1.165) is 58.0 Å². The lowest BCUT2D eigenvalue weighted by molar-refractivity contribution is 0.298. The molecule has 1 aromatic heterocycles. The van der Waals surface area contributed by atoms with Gasteiger partial charge in [0.25, 0.3) is 0 Å². The van der Waals surface area contributed by atoms with E-state index in [9.17, 15) is 0 Å². The summed E-state index contributed by atoms with van der Waals surface area (Å²) in [4.78, 5) is 4.98. The van der Waals surface area contributed by atoms with Gasteiger partial charge in [0.2, 0.25) is 0 Å². The highest BCUT2D eigenvalue weighted by molar-refractivity contribution is 5.86. The molecule has 5 heteroatoms. The van der Waals surface area contributed by atoms with E-state index in [1.807, 2.05) is 18.2 Å². The molecule has 5 nitrogen and oxygen atoms in total. The van der Waals surface area contributed by atoms with Gasteiger partial charge in [-0.25, -0.2) is 4.98 Å². The Bertz CT molecular complexity index is 1210. The zero-order chi connectivity index (χ0) is 21.2. The number of nitrogens with one attached hydrogen (secondary N) is 1. The zero-order valence-electron chi connectivity index (χ0n) is 18.0. The predicted molar refractivity (Wildman–Crippen MR) is 125 cm³/mol. The summed E-state index contributed by atoms with van der Waals surface area (Å²) in [5, 5.41) is 3.73. The van der Waals surface area contributed by atoms with Crippen molar-refractivity contribution in [2.45, 2.75) is 32.9 Å². The molecule has 4 aromatic rings. The molecule has 3 aromatic carbocycles. The van der Waals surface area contributed by atoms with Crippen LogP contribution in [0.25, 0.3) is 22.4 Å². The summed E-state index contributed by atoms with van der Waals surface area (Å²) in [6.45, 7) is 5.58.